The maximum Gasteiger partial charge on any atom is 0.276 e. The number of rotatable bonds is 5. The Balaban J connectivity index is 2.00. The Kier molecular flexibility index (Phi) is 5.92. The van der Waals surface area contributed by atoms with Crippen molar-refractivity contribution >= 4 is 5.91 Å². The maximum absolute atomic E-state index is 14.9. The van der Waals surface area contributed by atoms with Crippen molar-refractivity contribution in [1.82, 2.24) is 14.7 Å². The fourth-order valence-electron chi connectivity index (χ4n) is 4.24. The van der Waals surface area contributed by atoms with Crippen LogP contribution in [0, 0.1) is 23.3 Å². The van der Waals surface area contributed by atoms with Crippen molar-refractivity contribution in [3.8, 4) is 5.75 Å². The van der Waals surface area contributed by atoms with Gasteiger partial charge in [0.25, 0.3) is 5.91 Å². The van der Waals surface area contributed by atoms with Gasteiger partial charge in [0.2, 0.25) is 5.43 Å². The fraction of sp³-hybridized carbons (Fsp3) is 0.261. The van der Waals surface area contributed by atoms with Gasteiger partial charge in [0.15, 0.2) is 11.4 Å². The van der Waals surface area contributed by atoms with Crippen LogP contribution in [-0.4, -0.2) is 38.8 Å². The lowest BCUT2D eigenvalue weighted by atomic mass is 9.83. The van der Waals surface area contributed by atoms with Crippen LogP contribution in [0.4, 0.5) is 17.6 Å². The van der Waals surface area contributed by atoms with Crippen molar-refractivity contribution in [3.63, 3.8) is 0 Å². The first-order valence-corrected chi connectivity index (χ1v) is 10.2. The van der Waals surface area contributed by atoms with Gasteiger partial charge in [0.05, 0.1) is 12.2 Å². The quantitative estimate of drug-likeness (QED) is 0.588. The number of halogens is 4. The van der Waals surface area contributed by atoms with Crippen molar-refractivity contribution < 1.29 is 27.5 Å². The molecule has 6 nitrogen and oxygen atoms in total. The van der Waals surface area contributed by atoms with Crippen molar-refractivity contribution in [3.05, 3.63) is 92.9 Å². The molecule has 1 amide bonds. The molecule has 0 saturated heterocycles. The molecule has 1 aliphatic rings. The lowest BCUT2D eigenvalue weighted by molar-refractivity contribution is 0.0633. The number of benzene rings is 2. The Hall–Kier alpha value is -3.69. The zero-order valence-corrected chi connectivity index (χ0v) is 17.4. The number of amides is 1. The van der Waals surface area contributed by atoms with Crippen LogP contribution in [-0.2, 0) is 0 Å². The van der Waals surface area contributed by atoms with Crippen LogP contribution in [0.25, 0.3) is 0 Å². The van der Waals surface area contributed by atoms with Crippen molar-refractivity contribution in [1.29, 1.82) is 0 Å². The number of carbonyl (C=O) groups is 1. The van der Waals surface area contributed by atoms with Crippen LogP contribution in [0.5, 0.6) is 5.75 Å². The molecule has 33 heavy (non-hydrogen) atoms. The highest BCUT2D eigenvalue weighted by molar-refractivity contribution is 5.95. The van der Waals surface area contributed by atoms with Crippen LogP contribution in [0.2, 0.25) is 0 Å². The van der Waals surface area contributed by atoms with Gasteiger partial charge in [-0.05, 0) is 29.7 Å². The Morgan fingerprint density at radius 1 is 1.03 bits per heavy atom. The standard InChI is InChI=1S/C23H19F4N3O3/c1-2-7-29-11-18(30-21(23(29)33)22(32)19(31)10-28-30)20(14-5-3-12(24)8-16(14)26)15-6-4-13(25)9-17(15)27/h3-6,8-10,18,20,32H,2,7,11H2,1H3/t18-/m1/s1. The third kappa shape index (κ3) is 3.96. The van der Waals surface area contributed by atoms with Crippen LogP contribution >= 0.6 is 0 Å². The first kappa shape index (κ1) is 22.5. The number of nitrogens with zero attached hydrogens (tertiary/aromatic N) is 3. The Labute approximate surface area is 185 Å². The van der Waals surface area contributed by atoms with Crippen LogP contribution < -0.4 is 5.43 Å². The zero-order chi connectivity index (χ0) is 23.9. The SMILES string of the molecule is CCCN1C[C@H](C(c2ccc(F)cc2F)c2ccc(F)cc2F)n2ncc(=O)c(O)c2C1=O. The summed E-state index contributed by atoms with van der Waals surface area (Å²) in [5, 5.41) is 14.3. The van der Waals surface area contributed by atoms with Gasteiger partial charge >= 0.3 is 0 Å². The summed E-state index contributed by atoms with van der Waals surface area (Å²) in [6.45, 7) is 1.97. The highest BCUT2D eigenvalue weighted by Crippen LogP contribution is 2.41. The number of aromatic nitrogens is 2. The Morgan fingerprint density at radius 3 is 2.12 bits per heavy atom. The molecular formula is C23H19F4N3O3. The molecule has 1 aromatic heterocycles. The Bertz CT molecular complexity index is 1240. The molecule has 0 spiro atoms. The maximum atomic E-state index is 14.9. The molecule has 4 rings (SSSR count). The van der Waals surface area contributed by atoms with Crippen molar-refractivity contribution in [2.75, 3.05) is 13.1 Å². The summed E-state index contributed by atoms with van der Waals surface area (Å²) >= 11 is 0. The second-order valence-electron chi connectivity index (χ2n) is 7.78. The summed E-state index contributed by atoms with van der Waals surface area (Å²) in [6.07, 6.45) is 1.33. The van der Waals surface area contributed by atoms with Gasteiger partial charge in [0, 0.05) is 31.1 Å². The summed E-state index contributed by atoms with van der Waals surface area (Å²) in [6, 6.07) is 4.55. The highest BCUT2D eigenvalue weighted by Gasteiger charge is 2.41. The molecule has 0 bridgehead atoms. The first-order valence-electron chi connectivity index (χ1n) is 10.2. The van der Waals surface area contributed by atoms with Gasteiger partial charge in [-0.25, -0.2) is 17.6 Å². The molecule has 172 valence electrons. The number of carbonyl (C=O) groups excluding carboxylic acids is 1. The summed E-state index contributed by atoms with van der Waals surface area (Å²) < 4.78 is 58.2. The molecule has 0 fully saturated rings. The van der Waals surface area contributed by atoms with E-state index >= 15 is 0 Å². The van der Waals surface area contributed by atoms with Crippen LogP contribution in [0.3, 0.4) is 0 Å². The molecule has 1 aliphatic heterocycles. The largest absolute Gasteiger partial charge is 0.502 e. The second kappa shape index (κ2) is 8.68. The van der Waals surface area contributed by atoms with E-state index in [0.29, 0.717) is 18.6 Å². The third-order valence-electron chi connectivity index (χ3n) is 5.67. The molecule has 2 heterocycles. The van der Waals surface area contributed by atoms with Gasteiger partial charge in [-0.3, -0.25) is 14.3 Å². The number of hydrogen-bond acceptors (Lipinski definition) is 4. The number of fused-ring (bicyclic) bond motifs is 1. The second-order valence-corrected chi connectivity index (χ2v) is 7.78. The van der Waals surface area contributed by atoms with E-state index in [4.69, 9.17) is 0 Å². The summed E-state index contributed by atoms with van der Waals surface area (Å²) in [7, 11) is 0. The molecule has 3 aromatic rings. The summed E-state index contributed by atoms with van der Waals surface area (Å²) in [5.41, 5.74) is -1.54. The molecule has 0 unspecified atom stereocenters. The highest BCUT2D eigenvalue weighted by atomic mass is 19.1. The summed E-state index contributed by atoms with van der Waals surface area (Å²) in [5.74, 6) is -6.34. The molecule has 0 aliphatic carbocycles. The average Bonchev–Trinajstić information content (AvgIpc) is 2.76. The molecular weight excluding hydrogens is 442 g/mol. The van der Waals surface area contributed by atoms with Gasteiger partial charge in [0.1, 0.15) is 23.3 Å². The zero-order valence-electron chi connectivity index (χ0n) is 17.4. The van der Waals surface area contributed by atoms with Crippen molar-refractivity contribution in [2.24, 2.45) is 0 Å². The van der Waals surface area contributed by atoms with E-state index in [1.165, 1.54) is 4.90 Å². The van der Waals surface area contributed by atoms with E-state index in [0.717, 1.165) is 35.1 Å². The van der Waals surface area contributed by atoms with Crippen LogP contribution in [0.1, 0.15) is 46.9 Å². The van der Waals surface area contributed by atoms with Crippen LogP contribution in [0.15, 0.2) is 47.4 Å². The third-order valence-corrected chi connectivity index (χ3v) is 5.67. The smallest absolute Gasteiger partial charge is 0.276 e. The molecule has 2 aromatic carbocycles. The minimum atomic E-state index is -1.20. The molecule has 10 heteroatoms. The molecule has 0 saturated carbocycles. The number of aromatic hydroxyl groups is 1. The molecule has 0 radical (unpaired) electrons. The van der Waals surface area contributed by atoms with E-state index in [2.05, 4.69) is 5.10 Å². The lowest BCUT2D eigenvalue weighted by Crippen LogP contribution is -2.47. The predicted molar refractivity (Wildman–Crippen MR) is 110 cm³/mol. The van der Waals surface area contributed by atoms with Gasteiger partial charge in [-0.15, -0.1) is 0 Å². The van der Waals surface area contributed by atoms with E-state index in [9.17, 15) is 32.3 Å². The summed E-state index contributed by atoms with van der Waals surface area (Å²) in [4.78, 5) is 26.3. The minimum Gasteiger partial charge on any atom is -0.502 e. The number of hydrogen-bond donors (Lipinski definition) is 1. The first-order chi connectivity index (χ1) is 15.7. The fourth-order valence-corrected chi connectivity index (χ4v) is 4.24. The monoisotopic (exact) mass is 461 g/mol. The normalized spacial score (nSPS) is 15.8. The molecule has 1 N–H and O–H groups in total. The average molecular weight is 461 g/mol. The minimum absolute atomic E-state index is 0.0761. The van der Waals surface area contributed by atoms with Gasteiger partial charge in [-0.1, -0.05) is 19.1 Å². The topological polar surface area (TPSA) is 75.4 Å². The predicted octanol–water partition coefficient (Wildman–Crippen LogP) is 3.74. The van der Waals surface area contributed by atoms with Crippen molar-refractivity contribution in [2.45, 2.75) is 25.3 Å². The van der Waals surface area contributed by atoms with E-state index in [1.54, 1.807) is 0 Å². The molecule has 1 atom stereocenters. The lowest BCUT2D eigenvalue weighted by Gasteiger charge is -2.39. The van der Waals surface area contributed by atoms with E-state index < -0.39 is 58.0 Å². The van der Waals surface area contributed by atoms with Gasteiger partial charge < -0.3 is 10.0 Å². The van der Waals surface area contributed by atoms with E-state index in [-0.39, 0.29) is 24.2 Å². The van der Waals surface area contributed by atoms with E-state index in [1.807, 2.05) is 6.92 Å². The Morgan fingerprint density at radius 2 is 1.61 bits per heavy atom. The van der Waals surface area contributed by atoms with Gasteiger partial charge in [-0.2, -0.15) is 5.10 Å².